The summed E-state index contributed by atoms with van der Waals surface area (Å²) in [5.41, 5.74) is 3.44. The molecule has 0 fully saturated rings. The first-order valence-corrected chi connectivity index (χ1v) is 7.76. The molecule has 3 rings (SSSR count). The topological polar surface area (TPSA) is 78.0 Å². The standard InChI is InChI=1S/C17H21N3O2/c1-11(12-5-3-2-4-6-12)18-17(22)13-7-8-14-15(9-13)20-16(10-21)19-14/h5,7-9,11,21H,2-4,6,10H2,1H3,(H,18,22)(H,19,20)/t11-/m0/s1. The molecule has 5 nitrogen and oxygen atoms in total. The van der Waals surface area contributed by atoms with Gasteiger partial charge in [0.1, 0.15) is 12.4 Å². The van der Waals surface area contributed by atoms with Crippen LogP contribution in [0.5, 0.6) is 0 Å². The van der Waals surface area contributed by atoms with Gasteiger partial charge >= 0.3 is 0 Å². The van der Waals surface area contributed by atoms with Crippen LogP contribution in [0.25, 0.3) is 11.0 Å². The number of rotatable bonds is 4. The smallest absolute Gasteiger partial charge is 0.251 e. The minimum atomic E-state index is -0.138. The summed E-state index contributed by atoms with van der Waals surface area (Å²) in [5.74, 6) is 0.425. The Morgan fingerprint density at radius 1 is 1.45 bits per heavy atom. The Labute approximate surface area is 129 Å². The lowest BCUT2D eigenvalue weighted by Gasteiger charge is -2.20. The number of aliphatic hydroxyl groups is 1. The number of amides is 1. The molecule has 3 N–H and O–H groups in total. The van der Waals surface area contributed by atoms with Gasteiger partial charge in [-0.3, -0.25) is 4.79 Å². The maximum Gasteiger partial charge on any atom is 0.251 e. The lowest BCUT2D eigenvalue weighted by molar-refractivity contribution is 0.0944. The summed E-state index contributed by atoms with van der Waals surface area (Å²) in [4.78, 5) is 19.6. The highest BCUT2D eigenvalue weighted by Crippen LogP contribution is 2.20. The second-order valence-corrected chi connectivity index (χ2v) is 5.79. The number of hydrogen-bond acceptors (Lipinski definition) is 3. The van der Waals surface area contributed by atoms with Crippen molar-refractivity contribution < 1.29 is 9.90 Å². The number of H-pyrrole nitrogens is 1. The van der Waals surface area contributed by atoms with E-state index in [2.05, 4.69) is 21.4 Å². The first-order chi connectivity index (χ1) is 10.7. The average Bonchev–Trinajstić information content (AvgIpc) is 2.97. The first kappa shape index (κ1) is 14.8. The third-order valence-corrected chi connectivity index (χ3v) is 4.17. The number of nitrogens with one attached hydrogen (secondary N) is 2. The SMILES string of the molecule is C[C@H](NC(=O)c1ccc2nc(CO)[nH]c2c1)C1=CCCCC1. The predicted octanol–water partition coefficient (Wildman–Crippen LogP) is 2.67. The number of carbonyl (C=O) groups excluding carboxylic acids is 1. The number of benzene rings is 1. The molecular formula is C17H21N3O2. The Kier molecular flexibility index (Phi) is 4.24. The molecule has 0 spiro atoms. The van der Waals surface area contributed by atoms with Crippen molar-refractivity contribution in [3.05, 3.63) is 41.2 Å². The van der Waals surface area contributed by atoms with E-state index in [1.807, 2.05) is 6.92 Å². The van der Waals surface area contributed by atoms with Gasteiger partial charge in [0.2, 0.25) is 0 Å². The molecule has 0 bridgehead atoms. The van der Waals surface area contributed by atoms with Gasteiger partial charge in [-0.05, 0) is 50.8 Å². The average molecular weight is 299 g/mol. The summed E-state index contributed by atoms with van der Waals surface area (Å²) >= 11 is 0. The van der Waals surface area contributed by atoms with Gasteiger partial charge in [-0.1, -0.05) is 11.6 Å². The maximum absolute atomic E-state index is 12.4. The molecule has 116 valence electrons. The molecule has 1 atom stereocenters. The summed E-state index contributed by atoms with van der Waals surface area (Å²) in [7, 11) is 0. The van der Waals surface area contributed by atoms with Crippen LogP contribution in [-0.2, 0) is 6.61 Å². The molecule has 1 aromatic carbocycles. The van der Waals surface area contributed by atoms with Crippen LogP contribution in [0.1, 0.15) is 48.8 Å². The normalized spacial score (nSPS) is 16.4. The molecule has 1 aliphatic rings. The molecule has 1 amide bonds. The number of aromatic amines is 1. The van der Waals surface area contributed by atoms with Crippen molar-refractivity contribution in [3.8, 4) is 0 Å². The quantitative estimate of drug-likeness (QED) is 0.760. The van der Waals surface area contributed by atoms with Crippen molar-refractivity contribution >= 4 is 16.9 Å². The van der Waals surface area contributed by atoms with E-state index in [-0.39, 0.29) is 18.6 Å². The van der Waals surface area contributed by atoms with E-state index in [0.717, 1.165) is 23.9 Å². The summed E-state index contributed by atoms with van der Waals surface area (Å²) in [6.07, 6.45) is 6.88. The van der Waals surface area contributed by atoms with E-state index < -0.39 is 0 Å². The van der Waals surface area contributed by atoms with Gasteiger partial charge in [0.05, 0.1) is 11.0 Å². The van der Waals surface area contributed by atoms with Crippen molar-refractivity contribution in [1.29, 1.82) is 0 Å². The monoisotopic (exact) mass is 299 g/mol. The lowest BCUT2D eigenvalue weighted by Crippen LogP contribution is -2.34. The van der Waals surface area contributed by atoms with Crippen LogP contribution in [0.2, 0.25) is 0 Å². The van der Waals surface area contributed by atoms with Gasteiger partial charge in [0.15, 0.2) is 0 Å². The van der Waals surface area contributed by atoms with Gasteiger partial charge in [0, 0.05) is 11.6 Å². The van der Waals surface area contributed by atoms with E-state index >= 15 is 0 Å². The maximum atomic E-state index is 12.4. The van der Waals surface area contributed by atoms with E-state index in [9.17, 15) is 4.79 Å². The molecular weight excluding hydrogens is 278 g/mol. The highest BCUT2D eigenvalue weighted by molar-refractivity contribution is 5.97. The zero-order valence-electron chi connectivity index (χ0n) is 12.7. The van der Waals surface area contributed by atoms with Crippen LogP contribution in [0.15, 0.2) is 29.8 Å². The van der Waals surface area contributed by atoms with Gasteiger partial charge in [-0.15, -0.1) is 0 Å². The van der Waals surface area contributed by atoms with Crippen molar-refractivity contribution in [1.82, 2.24) is 15.3 Å². The Morgan fingerprint density at radius 2 is 2.32 bits per heavy atom. The second kappa shape index (κ2) is 6.32. The molecule has 1 aliphatic carbocycles. The molecule has 0 aliphatic heterocycles. The fraction of sp³-hybridized carbons (Fsp3) is 0.412. The number of aliphatic hydroxyl groups excluding tert-OH is 1. The van der Waals surface area contributed by atoms with Gasteiger partial charge in [-0.25, -0.2) is 4.98 Å². The highest BCUT2D eigenvalue weighted by atomic mass is 16.3. The zero-order valence-corrected chi connectivity index (χ0v) is 12.7. The predicted molar refractivity (Wildman–Crippen MR) is 85.5 cm³/mol. The minimum absolute atomic E-state index is 0.0678. The fourth-order valence-electron chi connectivity index (χ4n) is 2.91. The van der Waals surface area contributed by atoms with Gasteiger partial charge in [0.25, 0.3) is 5.91 Å². The number of aromatic nitrogens is 2. The van der Waals surface area contributed by atoms with Crippen molar-refractivity contribution in [2.45, 2.75) is 45.3 Å². The van der Waals surface area contributed by atoms with Crippen LogP contribution >= 0.6 is 0 Å². The largest absolute Gasteiger partial charge is 0.388 e. The summed E-state index contributed by atoms with van der Waals surface area (Å²) in [6, 6.07) is 5.41. The Morgan fingerprint density at radius 3 is 3.05 bits per heavy atom. The van der Waals surface area contributed by atoms with E-state index in [4.69, 9.17) is 5.11 Å². The molecule has 5 heteroatoms. The number of allylic oxidation sites excluding steroid dienone is 1. The number of fused-ring (bicyclic) bond motifs is 1. The molecule has 1 heterocycles. The third-order valence-electron chi connectivity index (χ3n) is 4.17. The van der Waals surface area contributed by atoms with Crippen LogP contribution < -0.4 is 5.32 Å². The zero-order chi connectivity index (χ0) is 15.5. The van der Waals surface area contributed by atoms with Crippen molar-refractivity contribution in [2.24, 2.45) is 0 Å². The molecule has 0 saturated heterocycles. The second-order valence-electron chi connectivity index (χ2n) is 5.79. The highest BCUT2D eigenvalue weighted by Gasteiger charge is 2.15. The Bertz CT molecular complexity index is 718. The molecule has 0 radical (unpaired) electrons. The summed E-state index contributed by atoms with van der Waals surface area (Å²) in [5, 5.41) is 12.2. The molecule has 0 saturated carbocycles. The first-order valence-electron chi connectivity index (χ1n) is 7.76. The fourth-order valence-corrected chi connectivity index (χ4v) is 2.91. The molecule has 0 unspecified atom stereocenters. The number of imidazole rings is 1. The summed E-state index contributed by atoms with van der Waals surface area (Å²) < 4.78 is 0. The number of nitrogens with zero attached hydrogens (tertiary/aromatic N) is 1. The van der Waals surface area contributed by atoms with Crippen molar-refractivity contribution in [2.75, 3.05) is 0 Å². The van der Waals surface area contributed by atoms with Crippen LogP contribution in [-0.4, -0.2) is 27.0 Å². The van der Waals surface area contributed by atoms with Crippen LogP contribution in [0.4, 0.5) is 0 Å². The lowest BCUT2D eigenvalue weighted by atomic mass is 9.94. The van der Waals surface area contributed by atoms with Crippen molar-refractivity contribution in [3.63, 3.8) is 0 Å². The Balaban J connectivity index is 1.75. The number of carbonyl (C=O) groups is 1. The van der Waals surface area contributed by atoms with E-state index in [0.29, 0.717) is 11.4 Å². The van der Waals surface area contributed by atoms with Crippen LogP contribution in [0, 0.1) is 0 Å². The van der Waals surface area contributed by atoms with Gasteiger partial charge < -0.3 is 15.4 Å². The molecule has 1 aromatic heterocycles. The minimum Gasteiger partial charge on any atom is -0.388 e. The molecule has 22 heavy (non-hydrogen) atoms. The van der Waals surface area contributed by atoms with Gasteiger partial charge in [-0.2, -0.15) is 0 Å². The summed E-state index contributed by atoms with van der Waals surface area (Å²) in [6.45, 7) is 1.90. The Hall–Kier alpha value is -2.14. The van der Waals surface area contributed by atoms with E-state index in [1.54, 1.807) is 18.2 Å². The number of hydrogen-bond donors (Lipinski definition) is 3. The molecule has 2 aromatic rings. The van der Waals surface area contributed by atoms with Crippen LogP contribution in [0.3, 0.4) is 0 Å². The third kappa shape index (κ3) is 3.04. The van der Waals surface area contributed by atoms with E-state index in [1.165, 1.54) is 18.4 Å².